The lowest BCUT2D eigenvalue weighted by Gasteiger charge is -2.14. The zero-order valence-electron chi connectivity index (χ0n) is 7.75. The van der Waals surface area contributed by atoms with Gasteiger partial charge in [0.25, 0.3) is 0 Å². The first-order chi connectivity index (χ1) is 5.83. The fourth-order valence-corrected chi connectivity index (χ4v) is 2.47. The maximum atomic E-state index is 5.78. The molecule has 0 aromatic rings. The van der Waals surface area contributed by atoms with Gasteiger partial charge in [-0.25, -0.2) is 0 Å². The summed E-state index contributed by atoms with van der Waals surface area (Å²) in [5.74, 6) is 0.681. The first kappa shape index (κ1) is 8.48. The Morgan fingerprint density at radius 3 is 3.17 bits per heavy atom. The summed E-state index contributed by atoms with van der Waals surface area (Å²) in [7, 11) is 1.74. The Balaban J connectivity index is 1.99. The monoisotopic (exact) mass is 171 g/mol. The first-order valence-corrected chi connectivity index (χ1v) is 4.70. The average Bonchev–Trinajstić information content (AvgIpc) is 2.58. The van der Waals surface area contributed by atoms with Crippen molar-refractivity contribution in [1.29, 1.82) is 0 Å². The largest absolute Gasteiger partial charge is 0.382 e. The van der Waals surface area contributed by atoms with E-state index in [1.165, 1.54) is 6.42 Å². The van der Waals surface area contributed by atoms with Gasteiger partial charge in [-0.3, -0.25) is 0 Å². The third-order valence-corrected chi connectivity index (χ3v) is 3.02. The maximum Gasteiger partial charge on any atom is 0.0857 e. The third-order valence-electron chi connectivity index (χ3n) is 3.02. The molecule has 70 valence electrons. The molecule has 0 aromatic carbocycles. The van der Waals surface area contributed by atoms with Crippen LogP contribution in [0.3, 0.4) is 0 Å². The normalized spacial score (nSPS) is 46.5. The summed E-state index contributed by atoms with van der Waals surface area (Å²) in [6.07, 6.45) is 1.92. The molecule has 2 fully saturated rings. The van der Waals surface area contributed by atoms with E-state index in [-0.39, 0.29) is 0 Å². The highest BCUT2D eigenvalue weighted by Crippen LogP contribution is 2.32. The molecule has 0 amide bonds. The molecule has 2 heterocycles. The van der Waals surface area contributed by atoms with Crippen molar-refractivity contribution in [3.8, 4) is 0 Å². The second kappa shape index (κ2) is 3.32. The highest BCUT2D eigenvalue weighted by Gasteiger charge is 2.44. The summed E-state index contributed by atoms with van der Waals surface area (Å²) in [6, 6.07) is 0.574. The van der Waals surface area contributed by atoms with Crippen LogP contribution < -0.4 is 5.32 Å². The molecule has 2 aliphatic rings. The number of methoxy groups -OCH3 is 1. The van der Waals surface area contributed by atoms with Gasteiger partial charge in [0.15, 0.2) is 0 Å². The minimum atomic E-state index is 0.324. The lowest BCUT2D eigenvalue weighted by Crippen LogP contribution is -2.32. The molecule has 2 aliphatic heterocycles. The molecule has 4 atom stereocenters. The number of rotatable bonds is 2. The molecule has 2 saturated heterocycles. The highest BCUT2D eigenvalue weighted by atomic mass is 16.5. The molecule has 2 rings (SSSR count). The lowest BCUT2D eigenvalue weighted by molar-refractivity contribution is -0.0108. The molecule has 3 heteroatoms. The zero-order valence-corrected chi connectivity index (χ0v) is 7.75. The Kier molecular flexibility index (Phi) is 2.35. The van der Waals surface area contributed by atoms with E-state index in [0.29, 0.717) is 24.2 Å². The van der Waals surface area contributed by atoms with E-state index in [2.05, 4.69) is 12.2 Å². The second-order valence-corrected chi connectivity index (χ2v) is 3.77. The smallest absolute Gasteiger partial charge is 0.0857 e. The van der Waals surface area contributed by atoms with E-state index in [9.17, 15) is 0 Å². The Morgan fingerprint density at radius 2 is 2.42 bits per heavy atom. The number of nitrogens with one attached hydrogen (secondary N) is 1. The molecule has 12 heavy (non-hydrogen) atoms. The fraction of sp³-hybridized carbons (Fsp3) is 1.00. The Morgan fingerprint density at radius 1 is 1.58 bits per heavy atom. The van der Waals surface area contributed by atoms with Crippen molar-refractivity contribution in [3.63, 3.8) is 0 Å². The molecule has 0 radical (unpaired) electrons. The molecule has 3 nitrogen and oxygen atoms in total. The predicted molar refractivity (Wildman–Crippen MR) is 46.1 cm³/mol. The van der Waals surface area contributed by atoms with Gasteiger partial charge in [0.1, 0.15) is 0 Å². The van der Waals surface area contributed by atoms with Crippen LogP contribution in [-0.4, -0.2) is 38.5 Å². The molecule has 0 aliphatic carbocycles. The van der Waals surface area contributed by atoms with Crippen LogP contribution in [0, 0.1) is 5.92 Å². The van der Waals surface area contributed by atoms with Gasteiger partial charge in [-0.1, -0.05) is 0 Å². The van der Waals surface area contributed by atoms with Gasteiger partial charge in [0.05, 0.1) is 18.8 Å². The molecule has 1 N–H and O–H groups in total. The van der Waals surface area contributed by atoms with E-state index in [4.69, 9.17) is 9.47 Å². The Labute approximate surface area is 73.4 Å². The number of fused-ring (bicyclic) bond motifs is 1. The van der Waals surface area contributed by atoms with Gasteiger partial charge in [-0.05, 0) is 19.9 Å². The summed E-state index contributed by atoms with van der Waals surface area (Å²) in [5.41, 5.74) is 0. The van der Waals surface area contributed by atoms with Gasteiger partial charge in [-0.2, -0.15) is 0 Å². The van der Waals surface area contributed by atoms with Crippen LogP contribution in [0.5, 0.6) is 0 Å². The Hall–Kier alpha value is -0.120. The van der Waals surface area contributed by atoms with Gasteiger partial charge in [0.2, 0.25) is 0 Å². The van der Waals surface area contributed by atoms with E-state index in [1.807, 2.05) is 0 Å². The van der Waals surface area contributed by atoms with Crippen molar-refractivity contribution in [1.82, 2.24) is 5.32 Å². The maximum absolute atomic E-state index is 5.78. The van der Waals surface area contributed by atoms with Crippen molar-refractivity contribution in [2.75, 3.05) is 20.3 Å². The van der Waals surface area contributed by atoms with Crippen molar-refractivity contribution < 1.29 is 9.47 Å². The summed E-state index contributed by atoms with van der Waals surface area (Å²) in [4.78, 5) is 0. The predicted octanol–water partition coefficient (Wildman–Crippen LogP) is 0.398. The lowest BCUT2D eigenvalue weighted by atomic mass is 9.95. The molecular weight excluding hydrogens is 154 g/mol. The zero-order chi connectivity index (χ0) is 8.55. The first-order valence-electron chi connectivity index (χ1n) is 4.70. The molecule has 0 spiro atoms. The third kappa shape index (κ3) is 1.26. The van der Waals surface area contributed by atoms with Crippen LogP contribution in [0.4, 0.5) is 0 Å². The summed E-state index contributed by atoms with van der Waals surface area (Å²) < 4.78 is 10.9. The summed E-state index contributed by atoms with van der Waals surface area (Å²) in [5, 5.41) is 3.48. The van der Waals surface area contributed by atoms with E-state index in [1.54, 1.807) is 7.11 Å². The van der Waals surface area contributed by atoms with Gasteiger partial charge in [-0.15, -0.1) is 0 Å². The Bertz CT molecular complexity index is 163. The number of hydrogen-bond acceptors (Lipinski definition) is 3. The van der Waals surface area contributed by atoms with Crippen molar-refractivity contribution >= 4 is 0 Å². The molecule has 0 saturated carbocycles. The van der Waals surface area contributed by atoms with Crippen LogP contribution in [-0.2, 0) is 9.47 Å². The van der Waals surface area contributed by atoms with Crippen LogP contribution >= 0.6 is 0 Å². The van der Waals surface area contributed by atoms with E-state index in [0.717, 1.165) is 13.2 Å². The fourth-order valence-electron chi connectivity index (χ4n) is 2.47. The van der Waals surface area contributed by atoms with Crippen LogP contribution in [0.2, 0.25) is 0 Å². The van der Waals surface area contributed by atoms with Gasteiger partial charge < -0.3 is 14.8 Å². The van der Waals surface area contributed by atoms with Crippen molar-refractivity contribution in [3.05, 3.63) is 0 Å². The van der Waals surface area contributed by atoms with Crippen molar-refractivity contribution in [2.24, 2.45) is 5.92 Å². The van der Waals surface area contributed by atoms with Gasteiger partial charge in [0, 0.05) is 19.1 Å². The quantitative estimate of drug-likeness (QED) is 0.652. The molecule has 0 bridgehead atoms. The van der Waals surface area contributed by atoms with Crippen LogP contribution in [0.15, 0.2) is 0 Å². The van der Waals surface area contributed by atoms with Gasteiger partial charge >= 0.3 is 0 Å². The average molecular weight is 171 g/mol. The number of hydrogen-bond donors (Lipinski definition) is 1. The standard InChI is InChI=1S/C9H17NO2/c1-6-9-7(3-4-10-9)8(12-6)5-11-2/h6-10H,3-5H2,1-2H3. The molecular formula is C9H17NO2. The summed E-state index contributed by atoms with van der Waals surface area (Å²) >= 11 is 0. The molecule has 4 unspecified atom stereocenters. The minimum Gasteiger partial charge on any atom is -0.382 e. The topological polar surface area (TPSA) is 30.5 Å². The highest BCUT2D eigenvalue weighted by molar-refractivity contribution is 4.97. The minimum absolute atomic E-state index is 0.324. The SMILES string of the molecule is COCC1OC(C)C2NCCC12. The second-order valence-electron chi connectivity index (χ2n) is 3.77. The van der Waals surface area contributed by atoms with Crippen molar-refractivity contribution in [2.45, 2.75) is 31.6 Å². The summed E-state index contributed by atoms with van der Waals surface area (Å²) in [6.45, 7) is 4.03. The van der Waals surface area contributed by atoms with E-state index < -0.39 is 0 Å². The van der Waals surface area contributed by atoms with E-state index >= 15 is 0 Å². The molecule has 0 aromatic heterocycles. The number of ether oxygens (including phenoxy) is 2. The van der Waals surface area contributed by atoms with Crippen LogP contribution in [0.25, 0.3) is 0 Å². The van der Waals surface area contributed by atoms with Crippen LogP contribution in [0.1, 0.15) is 13.3 Å².